The SMILES string of the molecule is C/C=C(\C)[C@H]1OC(=O)[C@@H](C)NC(=O)[C@H](C(C)CC)NC(=O)CN(C)C(=O)[C@@H](Cc2ccccc2)N(C)C(=O)[C@H](C)NC(=O)[C@@H](CC(C)C)OC(=O)/C(C)=C/C[C@H](OC(=O)NCCCCCCCOP(C)(=O)OP(=O)(O)OCCNC(=O)OCC2c3ccccc3-c3ccccc32)[C@@H]1C. The zero-order chi connectivity index (χ0) is 72.4. The van der Waals surface area contributed by atoms with Gasteiger partial charge in [0, 0.05) is 64.1 Å². The van der Waals surface area contributed by atoms with Gasteiger partial charge in [0.15, 0.2) is 6.10 Å². The minimum absolute atomic E-state index is 0.0357. The summed E-state index contributed by atoms with van der Waals surface area (Å²) in [5, 5.41) is 13.3. The van der Waals surface area contributed by atoms with E-state index in [2.05, 4.69) is 26.6 Å². The number of hydrogen-bond acceptors (Lipinski definition) is 18. The van der Waals surface area contributed by atoms with Gasteiger partial charge >= 0.3 is 39.5 Å². The summed E-state index contributed by atoms with van der Waals surface area (Å²) in [7, 11) is -6.15. The summed E-state index contributed by atoms with van der Waals surface area (Å²) < 4.78 is 64.3. The third-order valence-corrected chi connectivity index (χ3v) is 20.4. The predicted octanol–water partition coefficient (Wildman–Crippen LogP) is 9.43. The quantitative estimate of drug-likeness (QED) is 0.0151. The highest BCUT2D eigenvalue weighted by Gasteiger charge is 2.39. The van der Waals surface area contributed by atoms with Gasteiger partial charge in [-0.1, -0.05) is 151 Å². The molecule has 3 aromatic carbocycles. The van der Waals surface area contributed by atoms with Crippen LogP contribution in [0.1, 0.15) is 143 Å². The molecule has 5 rings (SSSR count). The fourth-order valence-corrected chi connectivity index (χ4v) is 13.9. The summed E-state index contributed by atoms with van der Waals surface area (Å²) >= 11 is 0. The maximum Gasteiger partial charge on any atom is 0.479 e. The van der Waals surface area contributed by atoms with Crippen LogP contribution in [0.2, 0.25) is 0 Å². The minimum Gasteiger partial charge on any atom is -0.456 e. The molecular weight excluding hydrogens is 1300 g/mol. The first-order valence-electron chi connectivity index (χ1n) is 33.5. The van der Waals surface area contributed by atoms with Gasteiger partial charge in [0.1, 0.15) is 43.0 Å². The summed E-state index contributed by atoms with van der Waals surface area (Å²) in [6.07, 6.45) is 1.26. The van der Waals surface area contributed by atoms with Crippen molar-refractivity contribution in [2.75, 3.05) is 60.2 Å². The van der Waals surface area contributed by atoms with Crippen molar-refractivity contribution in [3.05, 3.63) is 119 Å². The van der Waals surface area contributed by atoms with E-state index in [1.54, 1.807) is 64.1 Å². The third kappa shape index (κ3) is 25.2. The van der Waals surface area contributed by atoms with Gasteiger partial charge in [0.2, 0.25) is 23.6 Å². The van der Waals surface area contributed by atoms with E-state index in [1.165, 1.54) is 45.8 Å². The fraction of sp³-hybridized carbons (Fsp3) is 0.557. The molecule has 0 spiro atoms. The zero-order valence-electron chi connectivity index (χ0n) is 58.7. The monoisotopic (exact) mass is 1410 g/mol. The van der Waals surface area contributed by atoms with Gasteiger partial charge in [-0.25, -0.2) is 28.1 Å². The molecule has 11 atom stereocenters. The third-order valence-electron chi connectivity index (χ3n) is 17.2. The van der Waals surface area contributed by atoms with Crippen LogP contribution in [0.5, 0.6) is 0 Å². The smallest absolute Gasteiger partial charge is 0.456 e. The number of likely N-dealkylation sites (N-methyl/N-ethyl adjacent to an activating group) is 2. The van der Waals surface area contributed by atoms with E-state index in [1.807, 2.05) is 69.3 Å². The lowest BCUT2D eigenvalue weighted by atomic mass is 9.90. The molecule has 98 heavy (non-hydrogen) atoms. The van der Waals surface area contributed by atoms with Crippen LogP contribution in [0.3, 0.4) is 0 Å². The number of nitrogens with one attached hydrogen (secondary N) is 5. The first-order chi connectivity index (χ1) is 46.4. The van der Waals surface area contributed by atoms with Gasteiger partial charge in [-0.15, -0.1) is 0 Å². The van der Waals surface area contributed by atoms with Crippen LogP contribution in [0, 0.1) is 17.8 Å². The molecule has 0 saturated carbocycles. The van der Waals surface area contributed by atoms with Crippen LogP contribution < -0.4 is 26.6 Å². The van der Waals surface area contributed by atoms with Crippen molar-refractivity contribution >= 4 is 69.1 Å². The summed E-state index contributed by atoms with van der Waals surface area (Å²) in [6, 6.07) is 19.8. The van der Waals surface area contributed by atoms with E-state index in [9.17, 15) is 57.2 Å². The molecule has 0 radical (unpaired) electrons. The molecule has 1 heterocycles. The predicted molar refractivity (Wildman–Crippen MR) is 368 cm³/mol. The molecule has 3 aromatic rings. The molecule has 540 valence electrons. The van der Waals surface area contributed by atoms with Gasteiger partial charge in [-0.05, 0) is 99.1 Å². The van der Waals surface area contributed by atoms with Crippen LogP contribution in [0.25, 0.3) is 11.1 Å². The summed E-state index contributed by atoms with van der Waals surface area (Å²) in [6.45, 7) is 16.7. The number of benzene rings is 3. The van der Waals surface area contributed by atoms with E-state index in [0.29, 0.717) is 49.7 Å². The Hall–Kier alpha value is -7.73. The number of nitrogens with zero attached hydrogens (tertiary/aromatic N) is 2. The Kier molecular flexibility index (Phi) is 32.3. The average molecular weight is 1410 g/mol. The number of alkyl carbamates (subject to hydrolysis) is 2. The molecule has 26 nitrogen and oxygen atoms in total. The standard InChI is InChI=1S/C70H101N7O19P2/c1-14-45(5)61-64(80)74-50(10)68(84)95-62(46(6)15-2)48(8)58(35-34-47(7)67(83)93-59(40-44(3)4)63(79)73-49(9)65(81)77(12)57(41-51-28-20-19-21-29-51)66(82)76(11)42-60(78)75-61)94-70(86)71-36-26-17-16-18-27-38-91-97(13,87)96-98(88,89)92-39-37-72-69(85)90-43-56-54-32-24-22-30-52(54)53-31-23-25-33-55(53)56/h15,19-25,28-34,44-45,48-50,56-59,61-62H,14,16-18,26-27,35-43H2,1-13H3,(H,71,86)(H,72,85)(H,73,79)(H,74,80)(H,75,78)(H,88,89)/b46-15+,47-34+/t45?,48-,49-,50+,57+,58-,59+,61-,62+,97?/m0/s1. The molecule has 7 amide bonds. The Balaban J connectivity index is 1.19. The number of allylic oxidation sites excluding steroid dienone is 1. The second-order valence-electron chi connectivity index (χ2n) is 25.5. The van der Waals surface area contributed by atoms with Gasteiger partial charge < -0.3 is 64.7 Å². The van der Waals surface area contributed by atoms with Crippen LogP contribution >= 0.6 is 15.4 Å². The topological polar surface area (TPSA) is 339 Å². The average Bonchev–Trinajstić information content (AvgIpc) is 1.62. The van der Waals surface area contributed by atoms with Gasteiger partial charge in [0.25, 0.3) is 5.91 Å². The summed E-state index contributed by atoms with van der Waals surface area (Å²) in [5.41, 5.74) is 5.52. The highest BCUT2D eigenvalue weighted by atomic mass is 31.3. The molecule has 3 unspecified atom stereocenters. The molecular formula is C70H101N7O19P2. The van der Waals surface area contributed by atoms with Crippen LogP contribution in [0.4, 0.5) is 9.59 Å². The zero-order valence-corrected chi connectivity index (χ0v) is 60.5. The van der Waals surface area contributed by atoms with E-state index in [-0.39, 0.29) is 63.0 Å². The van der Waals surface area contributed by atoms with E-state index in [4.69, 9.17) is 32.3 Å². The molecule has 6 N–H and O–H groups in total. The second-order valence-corrected chi connectivity index (χ2v) is 29.2. The number of fused-ring (bicyclic) bond motifs is 3. The Morgan fingerprint density at radius 3 is 1.99 bits per heavy atom. The highest BCUT2D eigenvalue weighted by molar-refractivity contribution is 7.64. The number of unbranched alkanes of at least 4 members (excludes halogenated alkanes) is 4. The van der Waals surface area contributed by atoms with Crippen LogP contribution in [-0.4, -0.2) is 171 Å². The number of ether oxygens (including phenoxy) is 4. The first-order valence-corrected chi connectivity index (χ1v) is 37.0. The van der Waals surface area contributed by atoms with Crippen molar-refractivity contribution in [1.82, 2.24) is 36.4 Å². The molecule has 0 fully saturated rings. The van der Waals surface area contributed by atoms with E-state index < -0.39 is 137 Å². The van der Waals surface area contributed by atoms with Crippen molar-refractivity contribution < 1.29 is 89.5 Å². The fourth-order valence-electron chi connectivity index (χ4n) is 11.2. The Labute approximate surface area is 575 Å². The lowest BCUT2D eigenvalue weighted by Crippen LogP contribution is -2.57. The lowest BCUT2D eigenvalue weighted by molar-refractivity contribution is -0.155. The van der Waals surface area contributed by atoms with E-state index >= 15 is 0 Å². The lowest BCUT2D eigenvalue weighted by Gasteiger charge is -2.33. The number of carbonyl (C=O) groups is 9. The normalized spacial score (nSPS) is 23.6. The van der Waals surface area contributed by atoms with Crippen LogP contribution in [-0.2, 0) is 81.4 Å². The van der Waals surface area contributed by atoms with E-state index in [0.717, 1.165) is 33.8 Å². The summed E-state index contributed by atoms with van der Waals surface area (Å²) in [4.78, 5) is 137. The maximum absolute atomic E-state index is 14.4. The van der Waals surface area contributed by atoms with Crippen molar-refractivity contribution in [1.29, 1.82) is 0 Å². The largest absolute Gasteiger partial charge is 0.479 e. The number of phosphoric ester groups is 1. The number of rotatable bonds is 25. The van der Waals surface area contributed by atoms with Crippen molar-refractivity contribution in [2.45, 2.75) is 175 Å². The number of hydrogen-bond donors (Lipinski definition) is 6. The van der Waals surface area contributed by atoms with Gasteiger partial charge in [-0.3, -0.25) is 33.1 Å². The molecule has 1 aliphatic heterocycles. The highest BCUT2D eigenvalue weighted by Crippen LogP contribution is 2.60. The first kappa shape index (κ1) is 80.9. The molecule has 2 aliphatic rings. The molecule has 0 aromatic heterocycles. The number of phosphoric acid groups is 1. The maximum atomic E-state index is 14.4. The van der Waals surface area contributed by atoms with Crippen molar-refractivity contribution in [3.8, 4) is 11.1 Å². The minimum atomic E-state index is -4.87. The van der Waals surface area contributed by atoms with Gasteiger partial charge in [0.05, 0.1) is 19.8 Å². The number of amides is 7. The number of esters is 2. The second kappa shape index (κ2) is 39.2. The Morgan fingerprint density at radius 1 is 0.755 bits per heavy atom. The number of cyclic esters (lactones) is 2. The molecule has 1 aliphatic carbocycles. The number of carbonyl (C=O) groups excluding carboxylic acids is 9. The van der Waals surface area contributed by atoms with Gasteiger partial charge in [-0.2, -0.15) is 0 Å². The van der Waals surface area contributed by atoms with Crippen molar-refractivity contribution in [3.63, 3.8) is 0 Å². The summed E-state index contributed by atoms with van der Waals surface area (Å²) in [5.74, 6) is -6.76. The van der Waals surface area contributed by atoms with Crippen LogP contribution in [0.15, 0.2) is 102 Å². The Morgan fingerprint density at radius 2 is 1.36 bits per heavy atom. The van der Waals surface area contributed by atoms with Crippen molar-refractivity contribution in [2.24, 2.45) is 17.8 Å². The molecule has 0 bridgehead atoms. The molecule has 28 heteroatoms. The Bertz CT molecular complexity index is 3340. The molecule has 0 saturated heterocycles.